The summed E-state index contributed by atoms with van der Waals surface area (Å²) in [5, 5.41) is 8.42. The fraction of sp³-hybridized carbons (Fsp3) is 0.113. The second-order valence-electron chi connectivity index (χ2n) is 16.6. The van der Waals surface area contributed by atoms with Crippen molar-refractivity contribution >= 4 is 38.5 Å². The van der Waals surface area contributed by atoms with Crippen LogP contribution in [-0.4, -0.2) is 16.1 Å². The smallest absolute Gasteiger partial charge is 0.209 e. The number of nitrogens with zero attached hydrogens (tertiary/aromatic N) is 2. The molecule has 0 bridgehead atoms. The van der Waals surface area contributed by atoms with E-state index in [1.165, 1.54) is 33.0 Å². The molecule has 8 aromatic rings. The van der Waals surface area contributed by atoms with Gasteiger partial charge in [-0.05, 0) is 76.7 Å². The lowest BCUT2D eigenvalue weighted by Crippen LogP contribution is -2.40. The molecule has 2 atom stereocenters. The lowest BCUT2D eigenvalue weighted by molar-refractivity contribution is 0.0508. The lowest BCUT2D eigenvalue weighted by atomic mass is 9.66. The van der Waals surface area contributed by atoms with Crippen LogP contribution in [0.5, 0.6) is 11.5 Å². The Balaban J connectivity index is 1.10. The van der Waals surface area contributed by atoms with Gasteiger partial charge < -0.3 is 14.8 Å². The predicted molar refractivity (Wildman–Crippen MR) is 232 cm³/mol. The maximum atomic E-state index is 7.20. The quantitative estimate of drug-likeness (QED) is 0.182. The maximum absolute atomic E-state index is 7.20. The highest BCUT2D eigenvalue weighted by Crippen LogP contribution is 2.63. The molecule has 58 heavy (non-hydrogen) atoms. The summed E-state index contributed by atoms with van der Waals surface area (Å²) in [7, 11) is 0. The van der Waals surface area contributed by atoms with E-state index in [1.54, 1.807) is 0 Å². The Morgan fingerprint density at radius 1 is 0.655 bits per heavy atom. The molecular formula is C53H37N3O2. The van der Waals surface area contributed by atoms with Gasteiger partial charge in [-0.3, -0.25) is 4.57 Å². The van der Waals surface area contributed by atoms with Gasteiger partial charge in [-0.1, -0.05) is 146 Å². The highest BCUT2D eigenvalue weighted by atomic mass is 16.5. The highest BCUT2D eigenvalue weighted by molar-refractivity contribution is 6.17. The van der Waals surface area contributed by atoms with Crippen LogP contribution in [0.1, 0.15) is 48.1 Å². The number of hydrogen-bond acceptors (Lipinski definition) is 4. The summed E-state index contributed by atoms with van der Waals surface area (Å²) in [5.41, 5.74) is 10.8. The van der Waals surface area contributed by atoms with E-state index in [0.29, 0.717) is 0 Å². The van der Waals surface area contributed by atoms with E-state index in [4.69, 9.17) is 14.5 Å². The van der Waals surface area contributed by atoms with Crippen molar-refractivity contribution in [2.24, 2.45) is 4.99 Å². The van der Waals surface area contributed by atoms with Crippen LogP contribution in [0.2, 0.25) is 0 Å². The minimum Gasteiger partial charge on any atom is -0.482 e. The van der Waals surface area contributed by atoms with Gasteiger partial charge in [-0.15, -0.1) is 0 Å². The Bertz CT molecular complexity index is 3240. The number of fused-ring (bicyclic) bond motifs is 16. The van der Waals surface area contributed by atoms with Crippen molar-refractivity contribution in [2.45, 2.75) is 36.8 Å². The van der Waals surface area contributed by atoms with E-state index in [2.05, 4.69) is 194 Å². The van der Waals surface area contributed by atoms with E-state index in [-0.39, 0.29) is 0 Å². The number of para-hydroxylation sites is 2. The number of aliphatic imine (C=N–C) groups is 1. The van der Waals surface area contributed by atoms with Gasteiger partial charge in [0.25, 0.3) is 0 Å². The van der Waals surface area contributed by atoms with E-state index < -0.39 is 16.6 Å². The average molecular weight is 748 g/mol. The van der Waals surface area contributed by atoms with Crippen molar-refractivity contribution in [1.82, 2.24) is 9.88 Å². The van der Waals surface area contributed by atoms with Gasteiger partial charge in [-0.25, -0.2) is 4.99 Å². The van der Waals surface area contributed by atoms with E-state index in [9.17, 15) is 0 Å². The minimum atomic E-state index is -0.830. The Morgan fingerprint density at radius 2 is 1.36 bits per heavy atom. The topological polar surface area (TPSA) is 47.8 Å². The Kier molecular flexibility index (Phi) is 6.10. The van der Waals surface area contributed by atoms with Gasteiger partial charge in [0.2, 0.25) is 5.96 Å². The number of rotatable bonds is 1. The van der Waals surface area contributed by atoms with Crippen LogP contribution >= 0.6 is 0 Å². The van der Waals surface area contributed by atoms with Crippen LogP contribution in [-0.2, 0) is 15.7 Å². The number of ether oxygens (including phenoxy) is 2. The number of aromatic nitrogens is 1. The highest BCUT2D eigenvalue weighted by Gasteiger charge is 2.53. The molecule has 13 rings (SSSR count). The van der Waals surface area contributed by atoms with E-state index in [1.807, 2.05) is 0 Å². The fourth-order valence-electron chi connectivity index (χ4n) is 10.8. The van der Waals surface area contributed by atoms with Gasteiger partial charge in [0.1, 0.15) is 22.6 Å². The van der Waals surface area contributed by atoms with Crippen LogP contribution in [0.15, 0.2) is 192 Å². The summed E-state index contributed by atoms with van der Waals surface area (Å²) < 4.78 is 16.6. The molecule has 0 fully saturated rings. The van der Waals surface area contributed by atoms with Gasteiger partial charge in [0, 0.05) is 28.5 Å². The predicted octanol–water partition coefficient (Wildman–Crippen LogP) is 12.0. The zero-order valence-corrected chi connectivity index (χ0v) is 32.1. The third-order valence-corrected chi connectivity index (χ3v) is 13.5. The van der Waals surface area contributed by atoms with Crippen molar-refractivity contribution < 1.29 is 9.47 Å². The van der Waals surface area contributed by atoms with Gasteiger partial charge in [0.05, 0.1) is 27.5 Å². The molecule has 7 aromatic carbocycles. The van der Waals surface area contributed by atoms with Crippen molar-refractivity contribution in [1.29, 1.82) is 0 Å². The first-order valence-electron chi connectivity index (χ1n) is 20.2. The van der Waals surface area contributed by atoms with E-state index >= 15 is 0 Å². The molecule has 276 valence electrons. The molecule has 2 aliphatic carbocycles. The summed E-state index contributed by atoms with van der Waals surface area (Å²) in [6.45, 7) is 4.40. The van der Waals surface area contributed by atoms with Crippen LogP contribution in [0.3, 0.4) is 0 Å². The first-order valence-corrected chi connectivity index (χ1v) is 20.2. The normalized spacial score (nSPS) is 21.6. The molecule has 4 heterocycles. The number of benzene rings is 7. The molecule has 0 radical (unpaired) electrons. The SMILES string of the molecule is CC12CC=CC=C1C1=C(O2)C(C)(c2ccc3ccccc3c2)N=C(n2c3ccccc3c3c4c(ccc32)C2(c3ccccc3O4)c3ccccc3-c3ccccc32)N1. The van der Waals surface area contributed by atoms with Crippen molar-refractivity contribution in [3.63, 3.8) is 0 Å². The van der Waals surface area contributed by atoms with Crippen LogP contribution in [0.4, 0.5) is 0 Å². The van der Waals surface area contributed by atoms with Gasteiger partial charge in [-0.2, -0.15) is 0 Å². The summed E-state index contributed by atoms with van der Waals surface area (Å²) in [4.78, 5) is 5.74. The second-order valence-corrected chi connectivity index (χ2v) is 16.6. The molecule has 5 nitrogen and oxygen atoms in total. The monoisotopic (exact) mass is 747 g/mol. The Morgan fingerprint density at radius 3 is 2.19 bits per heavy atom. The standard InChI is InChI=1S/C53H37N3O2/c1-51-30-14-13-23-41(51)47-49(58-51)52(2,34-27-26-32-15-3-4-16-33(32)31-34)55-50(54-47)56-43-24-11-7-19-37(43)46-44(56)29-28-42-48(46)57-45-25-12-10-22-40(45)53(42)38-20-8-5-17-35(38)36-18-6-9-21-39(36)53/h3-29,31H,30H2,1-2H3,(H,54,55). The first kappa shape index (κ1) is 32.0. The third-order valence-electron chi connectivity index (χ3n) is 13.5. The Hall–Kier alpha value is -7.11. The van der Waals surface area contributed by atoms with Crippen molar-refractivity contribution in [2.75, 3.05) is 0 Å². The third kappa shape index (κ3) is 3.88. The number of nitrogens with one attached hydrogen (secondary N) is 1. The lowest BCUT2D eigenvalue weighted by Gasteiger charge is -2.39. The molecule has 0 amide bonds. The molecule has 1 N–H and O–H groups in total. The summed E-state index contributed by atoms with van der Waals surface area (Å²) >= 11 is 0. The Labute approximate surface area is 335 Å². The van der Waals surface area contributed by atoms with Gasteiger partial charge >= 0.3 is 0 Å². The molecule has 5 aliphatic rings. The second kappa shape index (κ2) is 11.0. The zero-order valence-electron chi connectivity index (χ0n) is 32.1. The molecule has 5 heteroatoms. The maximum Gasteiger partial charge on any atom is 0.209 e. The molecule has 2 unspecified atom stereocenters. The summed E-state index contributed by atoms with van der Waals surface area (Å²) in [6.07, 6.45) is 7.32. The van der Waals surface area contributed by atoms with Crippen molar-refractivity contribution in [3.05, 3.63) is 215 Å². The fourth-order valence-corrected chi connectivity index (χ4v) is 10.8. The van der Waals surface area contributed by atoms with Crippen molar-refractivity contribution in [3.8, 4) is 22.6 Å². The molecule has 0 saturated heterocycles. The summed E-state index contributed by atoms with van der Waals surface area (Å²) in [5.74, 6) is 3.34. The molecule has 1 spiro atoms. The first-order chi connectivity index (χ1) is 28.5. The molecule has 1 aromatic heterocycles. The number of allylic oxidation sites excluding steroid dienone is 2. The molecule has 3 aliphatic heterocycles. The molecule has 0 saturated carbocycles. The summed E-state index contributed by atoms with van der Waals surface area (Å²) in [6, 6.07) is 54.9. The number of hydrogen-bond donors (Lipinski definition) is 1. The molecular weight excluding hydrogens is 711 g/mol. The van der Waals surface area contributed by atoms with Crippen LogP contribution in [0, 0.1) is 0 Å². The zero-order chi connectivity index (χ0) is 38.4. The van der Waals surface area contributed by atoms with Crippen LogP contribution < -0.4 is 10.1 Å². The van der Waals surface area contributed by atoms with Gasteiger partial charge in [0.15, 0.2) is 5.76 Å². The van der Waals surface area contributed by atoms with Crippen LogP contribution in [0.25, 0.3) is 43.7 Å². The van der Waals surface area contributed by atoms with E-state index in [0.717, 1.165) is 79.4 Å². The average Bonchev–Trinajstić information content (AvgIpc) is 3.88. The minimum absolute atomic E-state index is 0.501. The largest absolute Gasteiger partial charge is 0.482 e.